The maximum atomic E-state index is 5.76. The molecule has 0 saturated carbocycles. The predicted molar refractivity (Wildman–Crippen MR) is 153 cm³/mol. The van der Waals surface area contributed by atoms with Crippen molar-refractivity contribution in [1.82, 2.24) is 20.2 Å². The Morgan fingerprint density at radius 3 is 2.68 bits per heavy atom. The lowest BCUT2D eigenvalue weighted by molar-refractivity contribution is 0.188. The summed E-state index contributed by atoms with van der Waals surface area (Å²) in [6, 6.07) is 22.1. The number of benzene rings is 2. The monoisotopic (exact) mass is 505 g/mol. The number of aromatic nitrogens is 2. The molecule has 6 rings (SSSR count). The number of nitrogens with one attached hydrogen (secondary N) is 2. The summed E-state index contributed by atoms with van der Waals surface area (Å²) in [6.45, 7) is 6.54. The molecule has 0 saturated heterocycles. The summed E-state index contributed by atoms with van der Waals surface area (Å²) in [5.74, 6) is 2.93. The first-order valence-corrected chi connectivity index (χ1v) is 13.6. The lowest BCUT2D eigenvalue weighted by Crippen LogP contribution is -2.37. The van der Waals surface area contributed by atoms with E-state index in [-0.39, 0.29) is 6.04 Å². The topological polar surface area (TPSA) is 69.5 Å². The van der Waals surface area contributed by atoms with Gasteiger partial charge in [0.25, 0.3) is 0 Å². The van der Waals surface area contributed by atoms with E-state index in [4.69, 9.17) is 9.40 Å². The fraction of sp³-hybridized carbons (Fsp3) is 0.312. The predicted octanol–water partition coefficient (Wildman–Crippen LogP) is 6.42. The summed E-state index contributed by atoms with van der Waals surface area (Å²) in [5, 5.41) is 3.57. The number of hydrogen-bond donors (Lipinski definition) is 2. The average molecular weight is 506 g/mol. The zero-order valence-corrected chi connectivity index (χ0v) is 22.1. The number of aryl methyl sites for hydroxylation is 1. The van der Waals surface area contributed by atoms with Gasteiger partial charge in [0.2, 0.25) is 0 Å². The highest BCUT2D eigenvalue weighted by atomic mass is 16.3. The number of aliphatic imine (C=N–C) groups is 1. The van der Waals surface area contributed by atoms with Gasteiger partial charge in [0, 0.05) is 25.3 Å². The fourth-order valence-corrected chi connectivity index (χ4v) is 5.45. The number of H-pyrrole nitrogens is 1. The zero-order chi connectivity index (χ0) is 25.9. The third kappa shape index (κ3) is 5.57. The van der Waals surface area contributed by atoms with Gasteiger partial charge in [-0.05, 0) is 73.7 Å². The first-order valence-electron chi connectivity index (χ1n) is 13.6. The van der Waals surface area contributed by atoms with Gasteiger partial charge in [-0.2, -0.15) is 0 Å². The van der Waals surface area contributed by atoms with Crippen LogP contribution >= 0.6 is 0 Å². The Balaban J connectivity index is 1.17. The van der Waals surface area contributed by atoms with Crippen molar-refractivity contribution >= 4 is 17.2 Å². The summed E-state index contributed by atoms with van der Waals surface area (Å²) in [5.41, 5.74) is 6.01. The van der Waals surface area contributed by atoms with Crippen LogP contribution in [0.25, 0.3) is 11.0 Å². The zero-order valence-electron chi connectivity index (χ0n) is 22.1. The number of para-hydroxylation sites is 2. The maximum absolute atomic E-state index is 5.76. The van der Waals surface area contributed by atoms with Crippen molar-refractivity contribution in [3.05, 3.63) is 113 Å². The van der Waals surface area contributed by atoms with Crippen molar-refractivity contribution in [3.8, 4) is 0 Å². The summed E-state index contributed by atoms with van der Waals surface area (Å²) < 4.78 is 5.76. The van der Waals surface area contributed by atoms with Crippen molar-refractivity contribution < 1.29 is 4.42 Å². The molecule has 1 aliphatic heterocycles. The van der Waals surface area contributed by atoms with E-state index in [1.807, 2.05) is 31.3 Å². The first kappa shape index (κ1) is 24.6. The van der Waals surface area contributed by atoms with Gasteiger partial charge >= 0.3 is 0 Å². The number of dihydropyridines is 1. The Kier molecular flexibility index (Phi) is 7.08. The minimum Gasteiger partial charge on any atom is -0.465 e. The number of hydrogen-bond acceptors (Lipinski definition) is 5. The molecule has 1 aliphatic carbocycles. The number of allylic oxidation sites excluding steroid dienone is 1. The molecule has 38 heavy (non-hydrogen) atoms. The Morgan fingerprint density at radius 1 is 1.03 bits per heavy atom. The van der Waals surface area contributed by atoms with E-state index in [0.717, 1.165) is 60.9 Å². The average Bonchev–Trinajstić information content (AvgIpc) is 3.57. The summed E-state index contributed by atoms with van der Waals surface area (Å²) in [6.07, 6.45) is 10.8. The molecule has 2 aromatic heterocycles. The van der Waals surface area contributed by atoms with Gasteiger partial charge in [-0.3, -0.25) is 9.89 Å². The lowest BCUT2D eigenvalue weighted by Gasteiger charge is -2.34. The number of rotatable bonds is 9. The van der Waals surface area contributed by atoms with Crippen molar-refractivity contribution in [3.63, 3.8) is 0 Å². The van der Waals surface area contributed by atoms with Gasteiger partial charge in [-0.1, -0.05) is 48.6 Å². The fourth-order valence-electron chi connectivity index (χ4n) is 5.45. The first-order chi connectivity index (χ1) is 18.6. The molecule has 3 heterocycles. The molecule has 0 spiro atoms. The minimum atomic E-state index is 0.170. The van der Waals surface area contributed by atoms with Gasteiger partial charge in [-0.25, -0.2) is 4.98 Å². The van der Waals surface area contributed by atoms with Crippen molar-refractivity contribution in [2.45, 2.75) is 64.4 Å². The molecule has 0 fully saturated rings. The van der Waals surface area contributed by atoms with Gasteiger partial charge in [-0.15, -0.1) is 0 Å². The number of imidazole rings is 1. The summed E-state index contributed by atoms with van der Waals surface area (Å²) in [4.78, 5) is 15.6. The molecule has 3 atom stereocenters. The van der Waals surface area contributed by atoms with E-state index < -0.39 is 0 Å². The van der Waals surface area contributed by atoms with Gasteiger partial charge in [0.1, 0.15) is 17.3 Å². The van der Waals surface area contributed by atoms with E-state index in [0.29, 0.717) is 12.1 Å². The maximum Gasteiger partial charge on any atom is 0.121 e. The summed E-state index contributed by atoms with van der Waals surface area (Å²) in [7, 11) is 0. The molecule has 6 nitrogen and oxygen atoms in total. The van der Waals surface area contributed by atoms with E-state index >= 15 is 0 Å². The number of nitrogens with zero attached hydrogens (tertiary/aromatic N) is 3. The van der Waals surface area contributed by atoms with Gasteiger partial charge < -0.3 is 14.7 Å². The number of aromatic amines is 1. The second-order valence-electron chi connectivity index (χ2n) is 10.5. The number of furan rings is 1. The molecule has 0 amide bonds. The van der Waals surface area contributed by atoms with Crippen LogP contribution in [0, 0.1) is 6.92 Å². The molecule has 4 aromatic rings. The van der Waals surface area contributed by atoms with E-state index in [9.17, 15) is 0 Å². The number of fused-ring (bicyclic) bond motifs is 2. The van der Waals surface area contributed by atoms with E-state index in [2.05, 4.69) is 87.8 Å². The molecular formula is C32H35N5O. The molecule has 2 aromatic carbocycles. The molecule has 0 bridgehead atoms. The molecule has 2 aliphatic rings. The van der Waals surface area contributed by atoms with Crippen LogP contribution < -0.4 is 5.32 Å². The van der Waals surface area contributed by atoms with Crippen LogP contribution in [0.2, 0.25) is 0 Å². The van der Waals surface area contributed by atoms with Crippen LogP contribution in [0.3, 0.4) is 0 Å². The smallest absolute Gasteiger partial charge is 0.121 e. The molecular weight excluding hydrogens is 470 g/mol. The Labute approximate surface area is 224 Å². The summed E-state index contributed by atoms with van der Waals surface area (Å²) >= 11 is 0. The normalized spacial score (nSPS) is 19.6. The minimum absolute atomic E-state index is 0.170. The lowest BCUT2D eigenvalue weighted by atomic mass is 9.89. The molecule has 6 heteroatoms. The molecule has 3 unspecified atom stereocenters. The second kappa shape index (κ2) is 10.9. The van der Waals surface area contributed by atoms with Crippen molar-refractivity contribution in [2.24, 2.45) is 4.99 Å². The standard InChI is InChI=1S/C32H35N5O/c1-22-9-16-31(38-22)23(2)34-19-24-10-12-25(13-11-24)20-37(21-32-35-29-7-3-4-8-30(29)36-32)27-14-15-28-26(18-27)6-5-17-33-28/h3-13,16-18,23,27-28,34H,14-15,19-21H2,1-2H3,(H,35,36). The van der Waals surface area contributed by atoms with Crippen LogP contribution in [-0.4, -0.2) is 33.2 Å². The van der Waals surface area contributed by atoms with Crippen LogP contribution in [-0.2, 0) is 19.6 Å². The highest BCUT2D eigenvalue weighted by Gasteiger charge is 2.27. The SMILES string of the molecule is Cc1ccc(C(C)NCc2ccc(CN(Cc3nc4ccccc4[nH]3)C3C=C4C=CC=NC4CC3)cc2)o1. The van der Waals surface area contributed by atoms with E-state index in [1.54, 1.807) is 0 Å². The quantitative estimate of drug-likeness (QED) is 0.276. The molecule has 194 valence electrons. The van der Waals surface area contributed by atoms with Crippen molar-refractivity contribution in [1.29, 1.82) is 0 Å². The highest BCUT2D eigenvalue weighted by Crippen LogP contribution is 2.29. The Morgan fingerprint density at radius 2 is 1.87 bits per heavy atom. The van der Waals surface area contributed by atoms with E-state index in [1.165, 1.54) is 16.7 Å². The van der Waals surface area contributed by atoms with Crippen LogP contribution in [0.4, 0.5) is 0 Å². The molecule has 2 N–H and O–H groups in total. The molecule has 0 radical (unpaired) electrons. The third-order valence-electron chi connectivity index (χ3n) is 7.62. The van der Waals surface area contributed by atoms with Gasteiger partial charge in [0.15, 0.2) is 0 Å². The largest absolute Gasteiger partial charge is 0.465 e. The Hall–Kier alpha value is -3.74. The van der Waals surface area contributed by atoms with Crippen LogP contribution in [0.15, 0.2) is 93.9 Å². The highest BCUT2D eigenvalue weighted by molar-refractivity contribution is 5.75. The third-order valence-corrected chi connectivity index (χ3v) is 7.62. The second-order valence-corrected chi connectivity index (χ2v) is 10.5. The van der Waals surface area contributed by atoms with Crippen LogP contribution in [0.1, 0.15) is 54.3 Å². The Bertz CT molecular complexity index is 1440. The van der Waals surface area contributed by atoms with Crippen LogP contribution in [0.5, 0.6) is 0 Å². The van der Waals surface area contributed by atoms with Gasteiger partial charge in [0.05, 0.1) is 29.7 Å². The van der Waals surface area contributed by atoms with Crippen molar-refractivity contribution in [2.75, 3.05) is 0 Å².